The van der Waals surface area contributed by atoms with Crippen LogP contribution in [0.15, 0.2) is 51.8 Å². The van der Waals surface area contributed by atoms with Crippen molar-refractivity contribution in [2.75, 3.05) is 0 Å². The minimum Gasteiger partial charge on any atom is -0.371 e. The average Bonchev–Trinajstić information content (AvgIpc) is 2.31. The Hall–Kier alpha value is -2.16. The number of pyridine rings is 1. The molecule has 0 fully saturated rings. The molecule has 0 atom stereocenters. The van der Waals surface area contributed by atoms with E-state index in [0.29, 0.717) is 5.58 Å². The van der Waals surface area contributed by atoms with Crippen molar-refractivity contribution >= 4 is 16.5 Å². The van der Waals surface area contributed by atoms with Gasteiger partial charge in [0.05, 0.1) is 5.39 Å². The maximum absolute atomic E-state index is 11.7. The Morgan fingerprint density at radius 2 is 2.00 bits per heavy atom. The maximum Gasteiger partial charge on any atom is 0.608 e. The Morgan fingerprint density at radius 1 is 1.12 bits per heavy atom. The molecular formula is C13H10NO2+. The number of hydrogen-bond acceptors (Lipinski definition) is 2. The van der Waals surface area contributed by atoms with Crippen molar-refractivity contribution in [1.29, 1.82) is 0 Å². The largest absolute Gasteiger partial charge is 0.608 e. The minimum absolute atomic E-state index is 0.350. The van der Waals surface area contributed by atoms with Gasteiger partial charge < -0.3 is 4.42 Å². The van der Waals surface area contributed by atoms with Crippen molar-refractivity contribution in [1.82, 2.24) is 0 Å². The highest BCUT2D eigenvalue weighted by atomic mass is 16.4. The zero-order valence-corrected chi connectivity index (χ0v) is 8.81. The normalized spacial score (nSPS) is 11.1. The highest BCUT2D eigenvalue weighted by Gasteiger charge is 2.14. The quantitative estimate of drug-likeness (QED) is 0.421. The van der Waals surface area contributed by atoms with Crippen molar-refractivity contribution in [2.24, 2.45) is 0 Å². The molecule has 2 aromatic heterocycles. The van der Waals surface area contributed by atoms with E-state index in [9.17, 15) is 4.79 Å². The van der Waals surface area contributed by atoms with E-state index >= 15 is 0 Å². The summed E-state index contributed by atoms with van der Waals surface area (Å²) in [6.45, 7) is 1.94. The fourth-order valence-corrected chi connectivity index (χ4v) is 1.95. The van der Waals surface area contributed by atoms with E-state index < -0.39 is 0 Å². The van der Waals surface area contributed by atoms with Crippen molar-refractivity contribution in [3.63, 3.8) is 0 Å². The predicted octanol–water partition coefficient (Wildman–Crippen LogP) is 1.84. The Kier molecular flexibility index (Phi) is 1.80. The van der Waals surface area contributed by atoms with E-state index in [-0.39, 0.29) is 5.76 Å². The van der Waals surface area contributed by atoms with Gasteiger partial charge in [-0.2, -0.15) is 4.79 Å². The van der Waals surface area contributed by atoms with Gasteiger partial charge in [-0.05, 0) is 24.6 Å². The maximum atomic E-state index is 11.7. The van der Waals surface area contributed by atoms with Gasteiger partial charge >= 0.3 is 5.76 Å². The zero-order chi connectivity index (χ0) is 11.1. The number of rotatable bonds is 0. The molecule has 0 aliphatic carbocycles. The smallest absolute Gasteiger partial charge is 0.371 e. The van der Waals surface area contributed by atoms with Crippen LogP contribution in [0.3, 0.4) is 0 Å². The van der Waals surface area contributed by atoms with Gasteiger partial charge in [-0.1, -0.05) is 16.5 Å². The minimum atomic E-state index is -0.350. The van der Waals surface area contributed by atoms with E-state index in [0.717, 1.165) is 16.5 Å². The van der Waals surface area contributed by atoms with Crippen LogP contribution in [-0.4, -0.2) is 0 Å². The third-order valence-electron chi connectivity index (χ3n) is 2.73. The third-order valence-corrected chi connectivity index (χ3v) is 2.73. The second-order valence-electron chi connectivity index (χ2n) is 3.78. The van der Waals surface area contributed by atoms with E-state index in [4.69, 9.17) is 4.42 Å². The fourth-order valence-electron chi connectivity index (χ4n) is 1.95. The first-order chi connectivity index (χ1) is 7.77. The zero-order valence-electron chi connectivity index (χ0n) is 8.81. The molecule has 0 saturated heterocycles. The first-order valence-electron chi connectivity index (χ1n) is 5.10. The molecule has 3 nitrogen and oxygen atoms in total. The molecule has 0 amide bonds. The highest BCUT2D eigenvalue weighted by Crippen LogP contribution is 2.18. The van der Waals surface area contributed by atoms with Crippen LogP contribution in [0.1, 0.15) is 5.56 Å². The molecule has 0 radical (unpaired) electrons. The van der Waals surface area contributed by atoms with Gasteiger partial charge in [0.2, 0.25) is 5.52 Å². The lowest BCUT2D eigenvalue weighted by Gasteiger charge is -1.98. The van der Waals surface area contributed by atoms with Crippen molar-refractivity contribution in [2.45, 2.75) is 6.92 Å². The molecule has 0 spiro atoms. The summed E-state index contributed by atoms with van der Waals surface area (Å²) in [5, 5.41) is 0.959. The van der Waals surface area contributed by atoms with Crippen molar-refractivity contribution in [3.8, 4) is 0 Å². The Labute approximate surface area is 91.6 Å². The second kappa shape index (κ2) is 3.17. The molecule has 3 aromatic rings. The number of para-hydroxylation sites is 1. The molecule has 0 aliphatic heterocycles. The molecular weight excluding hydrogens is 202 g/mol. The first kappa shape index (κ1) is 9.09. The molecule has 0 N–H and O–H groups in total. The number of aryl methyl sites for hydroxylation is 1. The predicted molar refractivity (Wildman–Crippen MR) is 60.4 cm³/mol. The van der Waals surface area contributed by atoms with Crippen LogP contribution in [0, 0.1) is 6.92 Å². The third kappa shape index (κ3) is 1.15. The van der Waals surface area contributed by atoms with Crippen LogP contribution < -0.4 is 10.2 Å². The van der Waals surface area contributed by atoms with E-state index in [1.54, 1.807) is 6.20 Å². The highest BCUT2D eigenvalue weighted by molar-refractivity contribution is 5.91. The molecule has 16 heavy (non-hydrogen) atoms. The molecule has 0 bridgehead atoms. The standard InChI is InChI=1S/C13H10NO2/c1-9-5-4-6-10-11-7-2-3-8-14(11)13(15)16-12(9)10/h2-8H,1H3/q+1. The topological polar surface area (TPSA) is 34.3 Å². The van der Waals surface area contributed by atoms with Gasteiger partial charge in [0.15, 0.2) is 11.8 Å². The molecule has 78 valence electrons. The van der Waals surface area contributed by atoms with Crippen LogP contribution in [0.5, 0.6) is 0 Å². The van der Waals surface area contributed by atoms with E-state index in [1.165, 1.54) is 4.40 Å². The number of benzene rings is 1. The lowest BCUT2D eigenvalue weighted by molar-refractivity contribution is -0.543. The van der Waals surface area contributed by atoms with Crippen molar-refractivity contribution < 1.29 is 8.82 Å². The summed E-state index contributed by atoms with van der Waals surface area (Å²) in [4.78, 5) is 11.7. The monoisotopic (exact) mass is 212 g/mol. The van der Waals surface area contributed by atoms with Crippen LogP contribution >= 0.6 is 0 Å². The van der Waals surface area contributed by atoms with Gasteiger partial charge in [0, 0.05) is 12.1 Å². The summed E-state index contributed by atoms with van der Waals surface area (Å²) in [6, 6.07) is 11.5. The van der Waals surface area contributed by atoms with Gasteiger partial charge in [0.25, 0.3) is 0 Å². The number of aromatic nitrogens is 1. The summed E-state index contributed by atoms with van der Waals surface area (Å²) in [5.41, 5.74) is 2.51. The average molecular weight is 212 g/mol. The molecule has 0 saturated carbocycles. The first-order valence-corrected chi connectivity index (χ1v) is 5.10. The van der Waals surface area contributed by atoms with Gasteiger partial charge in [0.1, 0.15) is 0 Å². The SMILES string of the molecule is Cc1cccc2c1oc(=O)[n+]1ccccc21. The van der Waals surface area contributed by atoms with Gasteiger partial charge in [-0.25, -0.2) is 0 Å². The van der Waals surface area contributed by atoms with Crippen LogP contribution in [-0.2, 0) is 0 Å². The van der Waals surface area contributed by atoms with Crippen LogP contribution in [0.4, 0.5) is 0 Å². The molecule has 3 rings (SSSR count). The van der Waals surface area contributed by atoms with Gasteiger partial charge in [-0.3, -0.25) is 0 Å². The van der Waals surface area contributed by atoms with E-state index in [1.807, 2.05) is 43.3 Å². The molecule has 2 heterocycles. The van der Waals surface area contributed by atoms with Crippen LogP contribution in [0.25, 0.3) is 16.5 Å². The number of fused-ring (bicyclic) bond motifs is 3. The number of hydrogen-bond donors (Lipinski definition) is 0. The van der Waals surface area contributed by atoms with E-state index in [2.05, 4.69) is 0 Å². The summed E-state index contributed by atoms with van der Waals surface area (Å²) in [7, 11) is 0. The van der Waals surface area contributed by atoms with Gasteiger partial charge in [-0.15, -0.1) is 0 Å². The number of nitrogens with zero attached hydrogens (tertiary/aromatic N) is 1. The molecule has 3 heteroatoms. The fraction of sp³-hybridized carbons (Fsp3) is 0.0769. The Morgan fingerprint density at radius 3 is 2.88 bits per heavy atom. The summed E-state index contributed by atoms with van der Waals surface area (Å²) in [5.74, 6) is -0.350. The summed E-state index contributed by atoms with van der Waals surface area (Å²) >= 11 is 0. The lowest BCUT2D eigenvalue weighted by Crippen LogP contribution is -2.39. The Bertz CT molecular complexity index is 744. The van der Waals surface area contributed by atoms with Crippen molar-refractivity contribution in [3.05, 3.63) is 58.7 Å². The second-order valence-corrected chi connectivity index (χ2v) is 3.78. The molecule has 0 unspecified atom stereocenters. The molecule has 0 aliphatic rings. The van der Waals surface area contributed by atoms with Crippen LogP contribution in [0.2, 0.25) is 0 Å². The lowest BCUT2D eigenvalue weighted by atomic mass is 10.1. The Balaban J connectivity index is 2.70. The summed E-state index contributed by atoms with van der Waals surface area (Å²) in [6.07, 6.45) is 1.71. The summed E-state index contributed by atoms with van der Waals surface area (Å²) < 4.78 is 6.83. The molecule has 1 aromatic carbocycles.